The lowest BCUT2D eigenvalue weighted by Crippen LogP contribution is -2.52. The van der Waals surface area contributed by atoms with E-state index in [0.717, 1.165) is 25.7 Å². The molecule has 5 nitrogen and oxygen atoms in total. The van der Waals surface area contributed by atoms with Crippen molar-refractivity contribution in [2.75, 3.05) is 7.05 Å². The number of benzene rings is 1. The summed E-state index contributed by atoms with van der Waals surface area (Å²) in [5, 5.41) is 8.94. The molecule has 1 atom stereocenters. The molecule has 1 saturated carbocycles. The third-order valence-corrected chi connectivity index (χ3v) is 5.03. The normalized spacial score (nSPS) is 16.6. The number of nitrogens with zero attached hydrogens (tertiary/aromatic N) is 1. The predicted molar refractivity (Wildman–Crippen MR) is 92.5 cm³/mol. The number of amides is 2. The summed E-state index contributed by atoms with van der Waals surface area (Å²) in [7, 11) is 1.66. The molecule has 0 aromatic heterocycles. The zero-order valence-corrected chi connectivity index (χ0v) is 15.0. The first-order chi connectivity index (χ1) is 11.3. The maximum atomic E-state index is 12.9. The highest BCUT2D eigenvalue weighted by Gasteiger charge is 2.52. The minimum atomic E-state index is -0.654. The van der Waals surface area contributed by atoms with Gasteiger partial charge in [0.15, 0.2) is 0 Å². The summed E-state index contributed by atoms with van der Waals surface area (Å²) >= 11 is 0. The molecule has 1 fully saturated rings. The molecule has 2 rings (SSSR count). The Morgan fingerprint density at radius 3 is 2.50 bits per heavy atom. The van der Waals surface area contributed by atoms with Gasteiger partial charge in [0.05, 0.1) is 0 Å². The van der Waals surface area contributed by atoms with Crippen LogP contribution in [-0.2, 0) is 16.0 Å². The Labute approximate surface area is 144 Å². The summed E-state index contributed by atoms with van der Waals surface area (Å²) in [6.45, 7) is 5.81. The van der Waals surface area contributed by atoms with Crippen molar-refractivity contribution in [1.82, 2.24) is 10.4 Å². The second-order valence-corrected chi connectivity index (χ2v) is 7.35. The Bertz CT molecular complexity index is 608. The molecule has 2 N–H and O–H groups in total. The lowest BCUT2D eigenvalue weighted by atomic mass is 9.93. The Hall–Kier alpha value is -1.88. The highest BCUT2D eigenvalue weighted by Crippen LogP contribution is 2.51. The van der Waals surface area contributed by atoms with Crippen molar-refractivity contribution < 1.29 is 14.8 Å². The van der Waals surface area contributed by atoms with Crippen molar-refractivity contribution in [2.45, 2.75) is 52.5 Å². The van der Waals surface area contributed by atoms with Crippen LogP contribution in [0.25, 0.3) is 0 Å². The van der Waals surface area contributed by atoms with E-state index in [1.807, 2.05) is 19.9 Å². The van der Waals surface area contributed by atoms with E-state index in [2.05, 4.69) is 25.1 Å². The lowest BCUT2D eigenvalue weighted by molar-refractivity contribution is -0.148. The van der Waals surface area contributed by atoms with Gasteiger partial charge in [-0.25, -0.2) is 5.48 Å². The Morgan fingerprint density at radius 1 is 1.33 bits per heavy atom. The van der Waals surface area contributed by atoms with Gasteiger partial charge in [-0.3, -0.25) is 14.8 Å². The van der Waals surface area contributed by atoms with Crippen LogP contribution in [0, 0.1) is 18.3 Å². The minimum absolute atomic E-state index is 0.0115. The Balaban J connectivity index is 2.05. The summed E-state index contributed by atoms with van der Waals surface area (Å²) < 4.78 is 0. The molecule has 0 aliphatic heterocycles. The summed E-state index contributed by atoms with van der Waals surface area (Å²) in [4.78, 5) is 26.4. The second kappa shape index (κ2) is 7.34. The average molecular weight is 332 g/mol. The number of carbonyl (C=O) groups excluding carboxylic acids is 2. The smallest absolute Gasteiger partial charge is 0.266 e. The zero-order chi connectivity index (χ0) is 17.9. The van der Waals surface area contributed by atoms with Gasteiger partial charge in [0.1, 0.15) is 6.04 Å². The molecule has 1 aromatic rings. The number of nitrogens with one attached hydrogen (secondary N) is 1. The Morgan fingerprint density at radius 2 is 2.00 bits per heavy atom. The standard InChI is InChI=1S/C19H28N2O3/c1-13(2)16(17(22)20-24)21(4)18(23)19(10-11-19)9-8-15-7-5-6-14(3)12-15/h5-7,12-13,16,24H,8-11H2,1-4H3,(H,20,22)/t16-/m1/s1. The van der Waals surface area contributed by atoms with Gasteiger partial charge in [-0.1, -0.05) is 43.7 Å². The molecule has 0 radical (unpaired) electrons. The highest BCUT2D eigenvalue weighted by molar-refractivity contribution is 5.91. The van der Waals surface area contributed by atoms with Crippen LogP contribution in [0.3, 0.4) is 0 Å². The molecule has 5 heteroatoms. The van der Waals surface area contributed by atoms with E-state index in [1.165, 1.54) is 16.0 Å². The lowest BCUT2D eigenvalue weighted by Gasteiger charge is -2.32. The quantitative estimate of drug-likeness (QED) is 0.596. The molecule has 1 aromatic carbocycles. The minimum Gasteiger partial charge on any atom is -0.333 e. The van der Waals surface area contributed by atoms with Crippen LogP contribution < -0.4 is 5.48 Å². The molecule has 0 unspecified atom stereocenters. The number of likely N-dealkylation sites (N-methyl/N-ethyl adjacent to an activating group) is 1. The molecule has 0 bridgehead atoms. The zero-order valence-electron chi connectivity index (χ0n) is 15.0. The van der Waals surface area contributed by atoms with Gasteiger partial charge in [-0.05, 0) is 44.1 Å². The van der Waals surface area contributed by atoms with E-state index >= 15 is 0 Å². The van der Waals surface area contributed by atoms with Crippen LogP contribution in [-0.4, -0.2) is 35.0 Å². The summed E-state index contributed by atoms with van der Waals surface area (Å²) in [6, 6.07) is 7.70. The molecule has 0 heterocycles. The van der Waals surface area contributed by atoms with E-state index in [0.29, 0.717) is 0 Å². The number of rotatable bonds is 7. The first-order valence-electron chi connectivity index (χ1n) is 8.57. The maximum Gasteiger partial charge on any atom is 0.266 e. The van der Waals surface area contributed by atoms with Crippen LogP contribution in [0.4, 0.5) is 0 Å². The molecular weight excluding hydrogens is 304 g/mol. The van der Waals surface area contributed by atoms with Crippen molar-refractivity contribution in [1.29, 1.82) is 0 Å². The number of hydroxylamine groups is 1. The SMILES string of the molecule is Cc1cccc(CCC2(C(=O)N(C)[C@@H](C(=O)NO)C(C)C)CC2)c1. The van der Waals surface area contributed by atoms with Crippen molar-refractivity contribution in [2.24, 2.45) is 11.3 Å². The van der Waals surface area contributed by atoms with Gasteiger partial charge in [-0.2, -0.15) is 0 Å². The van der Waals surface area contributed by atoms with Crippen molar-refractivity contribution in [3.05, 3.63) is 35.4 Å². The molecule has 132 valence electrons. The third-order valence-electron chi connectivity index (χ3n) is 5.03. The summed E-state index contributed by atoms with van der Waals surface area (Å²) in [5.74, 6) is -0.591. The fourth-order valence-corrected chi connectivity index (χ4v) is 3.47. The number of carbonyl (C=O) groups is 2. The molecule has 1 aliphatic rings. The molecular formula is C19H28N2O3. The van der Waals surface area contributed by atoms with Gasteiger partial charge in [0.2, 0.25) is 5.91 Å². The number of aryl methyl sites for hydroxylation is 2. The third kappa shape index (κ3) is 3.96. The van der Waals surface area contributed by atoms with Crippen LogP contribution in [0.15, 0.2) is 24.3 Å². The van der Waals surface area contributed by atoms with E-state index in [1.54, 1.807) is 12.5 Å². The van der Waals surface area contributed by atoms with Crippen LogP contribution in [0.2, 0.25) is 0 Å². The largest absolute Gasteiger partial charge is 0.333 e. The van der Waals surface area contributed by atoms with Gasteiger partial charge in [0.25, 0.3) is 5.91 Å². The fraction of sp³-hybridized carbons (Fsp3) is 0.579. The summed E-state index contributed by atoms with van der Waals surface area (Å²) in [5.41, 5.74) is 3.80. The summed E-state index contributed by atoms with van der Waals surface area (Å²) in [6.07, 6.45) is 3.39. The van der Waals surface area contributed by atoms with E-state index in [9.17, 15) is 9.59 Å². The van der Waals surface area contributed by atoms with Gasteiger partial charge in [-0.15, -0.1) is 0 Å². The van der Waals surface area contributed by atoms with Crippen molar-refractivity contribution >= 4 is 11.8 Å². The second-order valence-electron chi connectivity index (χ2n) is 7.35. The monoisotopic (exact) mass is 332 g/mol. The first-order valence-corrected chi connectivity index (χ1v) is 8.57. The average Bonchev–Trinajstić information content (AvgIpc) is 3.33. The van der Waals surface area contributed by atoms with E-state index in [4.69, 9.17) is 5.21 Å². The molecule has 0 spiro atoms. The molecule has 1 aliphatic carbocycles. The highest BCUT2D eigenvalue weighted by atomic mass is 16.5. The topological polar surface area (TPSA) is 69.6 Å². The van der Waals surface area contributed by atoms with Crippen molar-refractivity contribution in [3.63, 3.8) is 0 Å². The number of hydrogen-bond acceptors (Lipinski definition) is 3. The van der Waals surface area contributed by atoms with E-state index < -0.39 is 11.9 Å². The van der Waals surface area contributed by atoms with Crippen LogP contribution in [0.5, 0.6) is 0 Å². The number of hydrogen-bond donors (Lipinski definition) is 2. The molecule has 2 amide bonds. The van der Waals surface area contributed by atoms with E-state index in [-0.39, 0.29) is 17.2 Å². The van der Waals surface area contributed by atoms with Crippen LogP contribution >= 0.6 is 0 Å². The van der Waals surface area contributed by atoms with Gasteiger partial charge in [0, 0.05) is 12.5 Å². The maximum absolute atomic E-state index is 12.9. The van der Waals surface area contributed by atoms with Gasteiger partial charge < -0.3 is 4.90 Å². The predicted octanol–water partition coefficient (Wildman–Crippen LogP) is 2.70. The van der Waals surface area contributed by atoms with Crippen LogP contribution in [0.1, 0.15) is 44.2 Å². The van der Waals surface area contributed by atoms with Crippen molar-refractivity contribution in [3.8, 4) is 0 Å². The Kier molecular flexibility index (Phi) is 5.65. The first kappa shape index (κ1) is 18.5. The fourth-order valence-electron chi connectivity index (χ4n) is 3.47. The molecule has 0 saturated heterocycles. The van der Waals surface area contributed by atoms with Gasteiger partial charge >= 0.3 is 0 Å². The molecule has 24 heavy (non-hydrogen) atoms.